The Morgan fingerprint density at radius 3 is 2.17 bits per heavy atom. The van der Waals surface area contributed by atoms with Crippen LogP contribution in [0.2, 0.25) is 0 Å². The number of hydrogen-bond donors (Lipinski definition) is 2. The molecule has 0 aliphatic rings. The average Bonchev–Trinajstić information content (AvgIpc) is 2.64. The lowest BCUT2D eigenvalue weighted by atomic mass is 10.0. The molecule has 162 valence electrons. The van der Waals surface area contributed by atoms with Gasteiger partial charge in [0.1, 0.15) is 18.2 Å². The Morgan fingerprint density at radius 2 is 1.66 bits per heavy atom. The molecule has 0 heterocycles. The largest absolute Gasteiger partial charge is 0.444 e. The number of rotatable bonds is 10. The van der Waals surface area contributed by atoms with Crippen LogP contribution in [0.4, 0.5) is 4.79 Å². The minimum Gasteiger partial charge on any atom is -0.444 e. The van der Waals surface area contributed by atoms with Gasteiger partial charge in [-0.1, -0.05) is 30.3 Å². The van der Waals surface area contributed by atoms with Gasteiger partial charge in [0.25, 0.3) is 0 Å². The molecule has 0 aliphatic heterocycles. The van der Waals surface area contributed by atoms with Crippen LogP contribution < -0.4 is 10.6 Å². The fraction of sp³-hybridized carbons (Fsp3) is 0.550. The van der Waals surface area contributed by atoms with Crippen molar-refractivity contribution in [1.29, 1.82) is 0 Å². The molecule has 0 saturated carbocycles. The summed E-state index contributed by atoms with van der Waals surface area (Å²) in [5.74, 6) is -0.258. The molecule has 0 spiro atoms. The molecule has 0 saturated heterocycles. The molecular weight excluding hydrogens is 417 g/mol. The predicted molar refractivity (Wildman–Crippen MR) is 114 cm³/mol. The highest BCUT2D eigenvalue weighted by Crippen LogP contribution is 2.08. The summed E-state index contributed by atoms with van der Waals surface area (Å²) in [6.45, 7) is 5.52. The molecule has 9 heteroatoms. The summed E-state index contributed by atoms with van der Waals surface area (Å²) in [5, 5.41) is 5.08. The summed E-state index contributed by atoms with van der Waals surface area (Å²) in [4.78, 5) is 38.6. The lowest BCUT2D eigenvalue weighted by molar-refractivity contribution is -0.135. The van der Waals surface area contributed by atoms with Gasteiger partial charge in [0, 0.05) is 31.3 Å². The number of alkyl carbamates (subject to hydrolysis) is 1. The molecule has 1 aromatic rings. The maximum absolute atomic E-state index is 13.0. The normalized spacial score (nSPS) is 12.0. The monoisotopic (exact) mass is 445 g/mol. The Hall–Kier alpha value is -1.99. The second-order valence-corrected chi connectivity index (χ2v) is 8.12. The number of carbonyl (C=O) groups is 3. The highest BCUT2D eigenvalue weighted by molar-refractivity contribution is 6.18. The summed E-state index contributed by atoms with van der Waals surface area (Å²) >= 11 is 11.6. The zero-order valence-corrected chi connectivity index (χ0v) is 18.6. The number of nitrogens with one attached hydrogen (secondary N) is 2. The predicted octanol–water partition coefficient (Wildman–Crippen LogP) is 2.54. The van der Waals surface area contributed by atoms with E-state index in [2.05, 4.69) is 10.6 Å². The SMILES string of the molecule is CC(C)(C)OC(=O)NCC(=O)N[C@H](Cc1ccccc1)C(=O)N(CCCl)CCCl. The molecule has 2 N–H and O–H groups in total. The van der Waals surface area contributed by atoms with Gasteiger partial charge in [-0.25, -0.2) is 4.79 Å². The highest BCUT2D eigenvalue weighted by atomic mass is 35.5. The molecule has 3 amide bonds. The quantitative estimate of drug-likeness (QED) is 0.541. The van der Waals surface area contributed by atoms with Crippen LogP contribution >= 0.6 is 23.2 Å². The van der Waals surface area contributed by atoms with E-state index in [1.807, 2.05) is 30.3 Å². The van der Waals surface area contributed by atoms with Crippen molar-refractivity contribution in [2.45, 2.75) is 38.8 Å². The van der Waals surface area contributed by atoms with Gasteiger partial charge in [-0.15, -0.1) is 23.2 Å². The van der Waals surface area contributed by atoms with E-state index in [4.69, 9.17) is 27.9 Å². The van der Waals surface area contributed by atoms with Crippen molar-refractivity contribution in [3.63, 3.8) is 0 Å². The molecule has 0 aliphatic carbocycles. The van der Waals surface area contributed by atoms with Gasteiger partial charge in [0.05, 0.1) is 0 Å². The fourth-order valence-corrected chi connectivity index (χ4v) is 2.93. The van der Waals surface area contributed by atoms with E-state index < -0.39 is 23.6 Å². The first-order valence-corrected chi connectivity index (χ1v) is 10.4. The van der Waals surface area contributed by atoms with Crippen molar-refractivity contribution in [3.8, 4) is 0 Å². The van der Waals surface area contributed by atoms with E-state index in [1.54, 1.807) is 20.8 Å². The first-order chi connectivity index (χ1) is 13.7. The molecule has 0 unspecified atom stereocenters. The third kappa shape index (κ3) is 10.4. The van der Waals surface area contributed by atoms with Gasteiger partial charge in [-0.2, -0.15) is 0 Å². The Balaban J connectivity index is 2.81. The molecular formula is C20H29Cl2N3O4. The van der Waals surface area contributed by atoms with E-state index in [0.717, 1.165) is 5.56 Å². The van der Waals surface area contributed by atoms with Crippen LogP contribution in [-0.2, 0) is 20.7 Å². The van der Waals surface area contributed by atoms with Crippen molar-refractivity contribution in [2.24, 2.45) is 0 Å². The Morgan fingerprint density at radius 1 is 1.07 bits per heavy atom. The number of ether oxygens (including phenoxy) is 1. The van der Waals surface area contributed by atoms with Gasteiger partial charge in [-0.3, -0.25) is 9.59 Å². The minimum absolute atomic E-state index is 0.259. The molecule has 0 aromatic heterocycles. The van der Waals surface area contributed by atoms with Crippen LogP contribution in [0.5, 0.6) is 0 Å². The zero-order valence-electron chi connectivity index (χ0n) is 17.0. The minimum atomic E-state index is -0.809. The molecule has 29 heavy (non-hydrogen) atoms. The van der Waals surface area contributed by atoms with E-state index in [9.17, 15) is 14.4 Å². The molecule has 7 nitrogen and oxygen atoms in total. The summed E-state index contributed by atoms with van der Waals surface area (Å²) in [6, 6.07) is 8.53. The Bertz CT molecular complexity index is 659. The topological polar surface area (TPSA) is 87.7 Å². The van der Waals surface area contributed by atoms with Crippen molar-refractivity contribution in [2.75, 3.05) is 31.4 Å². The van der Waals surface area contributed by atoms with Crippen molar-refractivity contribution in [3.05, 3.63) is 35.9 Å². The van der Waals surface area contributed by atoms with Crippen molar-refractivity contribution >= 4 is 41.1 Å². The van der Waals surface area contributed by atoms with E-state index in [-0.39, 0.29) is 24.2 Å². The lowest BCUT2D eigenvalue weighted by Crippen LogP contribution is -2.52. The van der Waals surface area contributed by atoms with Gasteiger partial charge in [0.2, 0.25) is 11.8 Å². The second-order valence-electron chi connectivity index (χ2n) is 7.37. The fourth-order valence-electron chi connectivity index (χ4n) is 2.52. The number of amides is 3. The van der Waals surface area contributed by atoms with Crippen molar-refractivity contribution in [1.82, 2.24) is 15.5 Å². The average molecular weight is 446 g/mol. The number of hydrogen-bond acceptors (Lipinski definition) is 4. The smallest absolute Gasteiger partial charge is 0.408 e. The Labute approximate surface area is 182 Å². The van der Waals surface area contributed by atoms with Gasteiger partial charge < -0.3 is 20.3 Å². The maximum atomic E-state index is 13.0. The molecule has 0 fully saturated rings. The van der Waals surface area contributed by atoms with E-state index in [1.165, 1.54) is 4.90 Å². The van der Waals surface area contributed by atoms with Crippen LogP contribution in [0, 0.1) is 0 Å². The number of carbonyl (C=O) groups excluding carboxylic acids is 3. The number of nitrogens with zero attached hydrogens (tertiary/aromatic N) is 1. The highest BCUT2D eigenvalue weighted by Gasteiger charge is 2.26. The molecule has 0 bridgehead atoms. The summed E-state index contributed by atoms with van der Waals surface area (Å²) in [7, 11) is 0. The van der Waals surface area contributed by atoms with Gasteiger partial charge in [0.15, 0.2) is 0 Å². The number of alkyl halides is 2. The van der Waals surface area contributed by atoms with E-state index in [0.29, 0.717) is 19.5 Å². The summed E-state index contributed by atoms with van der Waals surface area (Å²) in [5.41, 5.74) is 0.221. The third-order valence-electron chi connectivity index (χ3n) is 3.73. The Kier molecular flexibility index (Phi) is 10.8. The van der Waals surface area contributed by atoms with Gasteiger partial charge in [-0.05, 0) is 26.3 Å². The maximum Gasteiger partial charge on any atom is 0.408 e. The number of halogens is 2. The van der Waals surface area contributed by atoms with Gasteiger partial charge >= 0.3 is 6.09 Å². The van der Waals surface area contributed by atoms with Crippen LogP contribution in [0.3, 0.4) is 0 Å². The standard InChI is InChI=1S/C20H29Cl2N3O4/c1-20(2,3)29-19(28)23-14-17(26)24-16(13-15-7-5-4-6-8-15)18(27)25(11-9-21)12-10-22/h4-8,16H,9-14H2,1-3H3,(H,23,28)(H,24,26)/t16-/m1/s1. The molecule has 1 aromatic carbocycles. The first kappa shape index (κ1) is 25.0. The molecule has 1 atom stereocenters. The number of benzene rings is 1. The van der Waals surface area contributed by atoms with E-state index >= 15 is 0 Å². The second kappa shape index (κ2) is 12.5. The summed E-state index contributed by atoms with van der Waals surface area (Å²) in [6.07, 6.45) is -0.400. The van der Waals surface area contributed by atoms with Crippen LogP contribution in [-0.4, -0.2) is 65.8 Å². The van der Waals surface area contributed by atoms with Crippen LogP contribution in [0.15, 0.2) is 30.3 Å². The van der Waals surface area contributed by atoms with Crippen molar-refractivity contribution < 1.29 is 19.1 Å². The van der Waals surface area contributed by atoms with Crippen LogP contribution in [0.1, 0.15) is 26.3 Å². The zero-order chi connectivity index (χ0) is 21.9. The molecule has 1 rings (SSSR count). The summed E-state index contributed by atoms with van der Waals surface area (Å²) < 4.78 is 5.10. The lowest BCUT2D eigenvalue weighted by Gasteiger charge is -2.27. The third-order valence-corrected chi connectivity index (χ3v) is 4.07. The van der Waals surface area contributed by atoms with Crippen LogP contribution in [0.25, 0.3) is 0 Å². The molecule has 0 radical (unpaired) electrons. The first-order valence-electron chi connectivity index (χ1n) is 9.37.